The minimum atomic E-state index is -1.12. The Morgan fingerprint density at radius 3 is 2.24 bits per heavy atom. The number of pyridine rings is 1. The summed E-state index contributed by atoms with van der Waals surface area (Å²) in [6, 6.07) is 3.88. The third-order valence-electron chi connectivity index (χ3n) is 2.54. The van der Waals surface area contributed by atoms with Gasteiger partial charge in [0.1, 0.15) is 6.54 Å². The van der Waals surface area contributed by atoms with Crippen molar-refractivity contribution in [2.45, 2.75) is 19.9 Å². The molecule has 1 heterocycles. The maximum atomic E-state index is 11.5. The number of aryl methyl sites for hydroxylation is 2. The fraction of sp³-hybridized carbons (Fsp3) is 0.385. The summed E-state index contributed by atoms with van der Waals surface area (Å²) in [4.78, 5) is 32.9. The third-order valence-corrected chi connectivity index (χ3v) is 2.54. The molecule has 1 aromatic rings. The Hall–Kier alpha value is -1.96. The van der Waals surface area contributed by atoms with Gasteiger partial charge >= 0.3 is 5.97 Å². The number of carbonyl (C=O) groups is 3. The molecule has 7 nitrogen and oxygen atoms in total. The summed E-state index contributed by atoms with van der Waals surface area (Å²) in [5.74, 6) is -1.91. The molecule has 0 aliphatic carbocycles. The highest BCUT2D eigenvalue weighted by Crippen LogP contribution is 1.90. The van der Waals surface area contributed by atoms with Crippen molar-refractivity contribution in [3.8, 4) is 0 Å². The van der Waals surface area contributed by atoms with E-state index in [1.807, 2.05) is 36.0 Å². The molecule has 0 aromatic carbocycles. The molecule has 1 aromatic heterocycles. The average Bonchev–Trinajstić information content (AvgIpc) is 2.42. The molecule has 0 saturated carbocycles. The van der Waals surface area contributed by atoms with Crippen LogP contribution in [0.4, 0.5) is 0 Å². The van der Waals surface area contributed by atoms with E-state index in [2.05, 4.69) is 10.6 Å². The van der Waals surface area contributed by atoms with E-state index >= 15 is 0 Å². The van der Waals surface area contributed by atoms with Crippen LogP contribution in [0.3, 0.4) is 0 Å². The van der Waals surface area contributed by atoms with E-state index < -0.39 is 18.4 Å². The number of amides is 2. The highest BCUT2D eigenvalue weighted by atomic mass is 79.9. The van der Waals surface area contributed by atoms with E-state index in [9.17, 15) is 14.4 Å². The van der Waals surface area contributed by atoms with Gasteiger partial charge in [0.05, 0.1) is 13.0 Å². The van der Waals surface area contributed by atoms with E-state index in [1.54, 1.807) is 0 Å². The lowest BCUT2D eigenvalue weighted by atomic mass is 10.3. The maximum absolute atomic E-state index is 11.5. The van der Waals surface area contributed by atoms with Gasteiger partial charge in [-0.2, -0.15) is 0 Å². The topological polar surface area (TPSA) is 99.4 Å². The summed E-state index contributed by atoms with van der Waals surface area (Å²) in [6.45, 7) is 1.83. The number of hydrogen-bond acceptors (Lipinski definition) is 3. The Kier molecular flexibility index (Phi) is 8.95. The van der Waals surface area contributed by atoms with Gasteiger partial charge in [-0.15, -0.1) is 0 Å². The Morgan fingerprint density at radius 1 is 1.10 bits per heavy atom. The van der Waals surface area contributed by atoms with Crippen LogP contribution in [0, 0.1) is 6.92 Å². The molecule has 0 spiro atoms. The Labute approximate surface area is 133 Å². The fourth-order valence-corrected chi connectivity index (χ4v) is 1.42. The molecule has 0 saturated heterocycles. The lowest BCUT2D eigenvalue weighted by molar-refractivity contribution is -0.695. The lowest BCUT2D eigenvalue weighted by Gasteiger charge is -2.04. The number of nitrogens with zero attached hydrogens (tertiary/aromatic N) is 1. The largest absolute Gasteiger partial charge is 1.00 e. The molecular weight excluding hydrogens is 342 g/mol. The molecule has 3 N–H and O–H groups in total. The summed E-state index contributed by atoms with van der Waals surface area (Å²) in [7, 11) is 0. The van der Waals surface area contributed by atoms with Crippen molar-refractivity contribution in [3.63, 3.8) is 0 Å². The second-order valence-electron chi connectivity index (χ2n) is 4.31. The maximum Gasteiger partial charge on any atom is 0.322 e. The van der Waals surface area contributed by atoms with Gasteiger partial charge in [0.15, 0.2) is 18.9 Å². The van der Waals surface area contributed by atoms with E-state index in [1.165, 1.54) is 0 Å². The van der Waals surface area contributed by atoms with Gasteiger partial charge in [0.25, 0.3) is 0 Å². The standard InChI is InChI=1S/C13H17N3O4.BrH/c1-10-2-5-16(6-3-10)7-4-11(17)14-8-12(18)15-9-13(19)20;/h2-3,5-6H,4,7-9H2,1H3,(H2-,14,15,17,18,19,20);1H. The first-order valence-electron chi connectivity index (χ1n) is 6.18. The lowest BCUT2D eigenvalue weighted by Crippen LogP contribution is -3.00. The SMILES string of the molecule is Cc1cc[n+](CCC(=O)NCC(=O)NCC(=O)O)cc1.[Br-]. The van der Waals surface area contributed by atoms with Crippen LogP contribution in [0.2, 0.25) is 0 Å². The molecule has 0 fully saturated rings. The van der Waals surface area contributed by atoms with Crippen LogP contribution in [0.15, 0.2) is 24.5 Å². The van der Waals surface area contributed by atoms with Crippen molar-refractivity contribution < 1.29 is 41.0 Å². The Morgan fingerprint density at radius 2 is 1.67 bits per heavy atom. The van der Waals surface area contributed by atoms with E-state index in [0.29, 0.717) is 6.54 Å². The molecule has 2 amide bonds. The van der Waals surface area contributed by atoms with E-state index in [4.69, 9.17) is 5.11 Å². The first-order chi connectivity index (χ1) is 9.47. The monoisotopic (exact) mass is 359 g/mol. The van der Waals surface area contributed by atoms with Crippen LogP contribution in [-0.2, 0) is 20.9 Å². The zero-order valence-electron chi connectivity index (χ0n) is 11.6. The van der Waals surface area contributed by atoms with Gasteiger partial charge in [-0.1, -0.05) is 0 Å². The summed E-state index contributed by atoms with van der Waals surface area (Å²) < 4.78 is 1.87. The molecule has 8 heteroatoms. The summed E-state index contributed by atoms with van der Waals surface area (Å²) in [6.07, 6.45) is 4.00. The predicted molar refractivity (Wildman–Crippen MR) is 69.6 cm³/mol. The number of halogens is 1. The molecule has 0 unspecified atom stereocenters. The summed E-state index contributed by atoms with van der Waals surface area (Å²) in [5.41, 5.74) is 1.14. The molecule has 0 atom stereocenters. The molecule has 116 valence electrons. The van der Waals surface area contributed by atoms with Gasteiger partial charge in [0, 0.05) is 12.1 Å². The van der Waals surface area contributed by atoms with Gasteiger partial charge in [-0.3, -0.25) is 14.4 Å². The smallest absolute Gasteiger partial charge is 0.322 e. The minimum Gasteiger partial charge on any atom is -1.00 e. The highest BCUT2D eigenvalue weighted by molar-refractivity contribution is 5.86. The average molecular weight is 360 g/mol. The molecule has 0 aliphatic rings. The number of hydrogen-bond donors (Lipinski definition) is 3. The number of carbonyl (C=O) groups excluding carboxylic acids is 2. The number of carboxylic acids is 1. The molecular formula is C13H18BrN3O4. The molecule has 21 heavy (non-hydrogen) atoms. The normalized spacial score (nSPS) is 9.38. The first-order valence-corrected chi connectivity index (χ1v) is 6.18. The number of nitrogens with one attached hydrogen (secondary N) is 2. The van der Waals surface area contributed by atoms with Gasteiger partial charge in [0.2, 0.25) is 11.8 Å². The minimum absolute atomic E-state index is 0. The fourth-order valence-electron chi connectivity index (χ4n) is 1.42. The number of aliphatic carboxylic acids is 1. The molecule has 0 radical (unpaired) electrons. The van der Waals surface area contributed by atoms with E-state index in [0.717, 1.165) is 5.56 Å². The van der Waals surface area contributed by atoms with Gasteiger partial charge in [-0.05, 0) is 12.5 Å². The Balaban J connectivity index is 0.00000400. The van der Waals surface area contributed by atoms with E-state index in [-0.39, 0.29) is 35.9 Å². The van der Waals surface area contributed by atoms with Crippen molar-refractivity contribution in [1.29, 1.82) is 0 Å². The molecule has 1 rings (SSSR count). The quantitative estimate of drug-likeness (QED) is 0.432. The second kappa shape index (κ2) is 9.87. The predicted octanol–water partition coefficient (Wildman–Crippen LogP) is -4.01. The number of aromatic nitrogens is 1. The zero-order valence-corrected chi connectivity index (χ0v) is 13.2. The number of carboxylic acid groups (broad SMARTS) is 1. The first kappa shape index (κ1) is 19.0. The van der Waals surface area contributed by atoms with Crippen LogP contribution in [0.1, 0.15) is 12.0 Å². The summed E-state index contributed by atoms with van der Waals surface area (Å²) in [5, 5.41) is 13.0. The molecule has 0 bridgehead atoms. The summed E-state index contributed by atoms with van der Waals surface area (Å²) >= 11 is 0. The van der Waals surface area contributed by atoms with Crippen molar-refractivity contribution in [2.24, 2.45) is 0 Å². The van der Waals surface area contributed by atoms with Crippen molar-refractivity contribution >= 4 is 17.8 Å². The molecule has 0 aliphatic heterocycles. The highest BCUT2D eigenvalue weighted by Gasteiger charge is 2.09. The van der Waals surface area contributed by atoms with Crippen molar-refractivity contribution in [3.05, 3.63) is 30.1 Å². The Bertz CT molecular complexity index is 491. The van der Waals surface area contributed by atoms with Crippen LogP contribution < -0.4 is 32.2 Å². The van der Waals surface area contributed by atoms with Crippen molar-refractivity contribution in [2.75, 3.05) is 13.1 Å². The number of rotatable bonds is 7. The zero-order chi connectivity index (χ0) is 15.0. The van der Waals surface area contributed by atoms with Crippen LogP contribution >= 0.6 is 0 Å². The third kappa shape index (κ3) is 8.74. The van der Waals surface area contributed by atoms with Gasteiger partial charge < -0.3 is 32.7 Å². The van der Waals surface area contributed by atoms with Crippen LogP contribution in [-0.4, -0.2) is 36.0 Å². The van der Waals surface area contributed by atoms with Crippen LogP contribution in [0.25, 0.3) is 0 Å². The second-order valence-corrected chi connectivity index (χ2v) is 4.31. The van der Waals surface area contributed by atoms with Crippen LogP contribution in [0.5, 0.6) is 0 Å². The van der Waals surface area contributed by atoms with Crippen molar-refractivity contribution in [1.82, 2.24) is 10.6 Å². The van der Waals surface area contributed by atoms with Gasteiger partial charge in [-0.25, -0.2) is 4.57 Å².